The Morgan fingerprint density at radius 2 is 2.26 bits per heavy atom. The van der Waals surface area contributed by atoms with Gasteiger partial charge in [0.2, 0.25) is 0 Å². The highest BCUT2D eigenvalue weighted by Gasteiger charge is 2.53. The summed E-state index contributed by atoms with van der Waals surface area (Å²) in [6, 6.07) is 0. The van der Waals surface area contributed by atoms with Crippen LogP contribution in [0.1, 0.15) is 19.3 Å². The lowest BCUT2D eigenvalue weighted by Crippen LogP contribution is -2.59. The van der Waals surface area contributed by atoms with Crippen molar-refractivity contribution in [3.8, 4) is 0 Å². The number of fused-ring (bicyclic) bond motifs is 2. The van der Waals surface area contributed by atoms with Crippen molar-refractivity contribution in [2.45, 2.75) is 24.9 Å². The topological polar surface area (TPSA) is 67.6 Å². The zero-order chi connectivity index (χ0) is 13.0. The molecule has 0 aromatic rings. The summed E-state index contributed by atoms with van der Waals surface area (Å²) in [6.45, 7) is 3.57. The summed E-state index contributed by atoms with van der Waals surface area (Å²) in [7, 11) is 0. The summed E-state index contributed by atoms with van der Waals surface area (Å²) in [4.78, 5) is 13.0. The second-order valence-corrected chi connectivity index (χ2v) is 5.99. The van der Waals surface area contributed by atoms with Gasteiger partial charge >= 0.3 is 0 Å². The lowest BCUT2D eigenvalue weighted by molar-refractivity contribution is -0.426. The van der Waals surface area contributed by atoms with E-state index in [1.807, 2.05) is 0 Å². The zero-order valence-electron chi connectivity index (χ0n) is 10.7. The maximum atomic E-state index is 10.9. The smallest absolute Gasteiger partial charge is 0.265 e. The highest BCUT2D eigenvalue weighted by molar-refractivity contribution is 5.34. The van der Waals surface area contributed by atoms with Crippen LogP contribution in [-0.4, -0.2) is 41.6 Å². The Hall–Kier alpha value is -1.56. The Bertz CT molecular complexity index is 505. The number of ether oxygens (including phenoxy) is 1. The standard InChI is InChI=1S/C13H17N3O3/c17-16(18)11-5-9-6-13(19-12(9)14-7-11)8-15-3-1-10(13)2-4-15/h5,10,14H,1-4,6-8H2/t13-/m1/s1. The summed E-state index contributed by atoms with van der Waals surface area (Å²) in [5.74, 6) is 1.37. The predicted octanol–water partition coefficient (Wildman–Crippen LogP) is 0.846. The van der Waals surface area contributed by atoms with Crippen LogP contribution in [0.5, 0.6) is 0 Å². The number of dihydropyridines is 1. The number of hydrogen-bond donors (Lipinski definition) is 1. The highest BCUT2D eigenvalue weighted by Crippen LogP contribution is 2.48. The molecule has 6 nitrogen and oxygen atoms in total. The van der Waals surface area contributed by atoms with Gasteiger partial charge in [-0.15, -0.1) is 0 Å². The van der Waals surface area contributed by atoms with Crippen LogP contribution in [0, 0.1) is 16.0 Å². The average molecular weight is 263 g/mol. The van der Waals surface area contributed by atoms with Gasteiger partial charge in [0.15, 0.2) is 5.88 Å². The van der Waals surface area contributed by atoms with Gasteiger partial charge in [0.25, 0.3) is 5.70 Å². The van der Waals surface area contributed by atoms with E-state index in [9.17, 15) is 10.1 Å². The Morgan fingerprint density at radius 3 is 2.89 bits per heavy atom. The lowest BCUT2D eigenvalue weighted by Gasteiger charge is -2.50. The lowest BCUT2D eigenvalue weighted by atomic mass is 9.73. The summed E-state index contributed by atoms with van der Waals surface area (Å²) in [6.07, 6.45) is 4.89. The molecule has 102 valence electrons. The van der Waals surface area contributed by atoms with Crippen molar-refractivity contribution >= 4 is 0 Å². The van der Waals surface area contributed by atoms with Crippen LogP contribution < -0.4 is 5.32 Å². The van der Waals surface area contributed by atoms with E-state index in [4.69, 9.17) is 4.74 Å². The molecule has 3 fully saturated rings. The molecule has 3 saturated heterocycles. The first kappa shape index (κ1) is 11.3. The van der Waals surface area contributed by atoms with Crippen molar-refractivity contribution in [2.75, 3.05) is 26.2 Å². The van der Waals surface area contributed by atoms with E-state index >= 15 is 0 Å². The fraction of sp³-hybridized carbons (Fsp3) is 0.692. The highest BCUT2D eigenvalue weighted by atomic mass is 16.6. The van der Waals surface area contributed by atoms with E-state index in [1.165, 1.54) is 25.9 Å². The number of rotatable bonds is 1. The third-order valence-electron chi connectivity index (χ3n) is 4.91. The SMILES string of the molecule is O=[N+]([O-])C1=CC2=C(NC1)O[C@]1(C2)CN2CCC1CC2. The number of nitro groups is 1. The number of allylic oxidation sites excluding steroid dienone is 1. The molecule has 0 aromatic carbocycles. The molecular weight excluding hydrogens is 246 g/mol. The van der Waals surface area contributed by atoms with Gasteiger partial charge in [-0.25, -0.2) is 0 Å². The van der Waals surface area contributed by atoms with Crippen molar-refractivity contribution in [1.29, 1.82) is 0 Å². The van der Waals surface area contributed by atoms with E-state index < -0.39 is 0 Å². The molecule has 2 bridgehead atoms. The molecule has 6 heteroatoms. The Kier molecular flexibility index (Phi) is 2.21. The van der Waals surface area contributed by atoms with E-state index in [1.54, 1.807) is 6.08 Å². The molecule has 1 N–H and O–H groups in total. The third-order valence-corrected chi connectivity index (χ3v) is 4.91. The molecule has 0 aliphatic carbocycles. The summed E-state index contributed by atoms with van der Waals surface area (Å²) >= 11 is 0. The number of piperidine rings is 3. The molecule has 0 saturated carbocycles. The molecule has 0 unspecified atom stereocenters. The van der Waals surface area contributed by atoms with Gasteiger partial charge < -0.3 is 10.1 Å². The van der Waals surface area contributed by atoms with Crippen molar-refractivity contribution in [2.24, 2.45) is 5.92 Å². The third kappa shape index (κ3) is 1.59. The quantitative estimate of drug-likeness (QED) is 0.561. The second-order valence-electron chi connectivity index (χ2n) is 5.99. The van der Waals surface area contributed by atoms with Gasteiger partial charge in [-0.2, -0.15) is 0 Å². The van der Waals surface area contributed by atoms with Crippen LogP contribution in [0.4, 0.5) is 0 Å². The Morgan fingerprint density at radius 1 is 1.47 bits per heavy atom. The van der Waals surface area contributed by atoms with E-state index in [2.05, 4.69) is 10.2 Å². The van der Waals surface area contributed by atoms with Crippen molar-refractivity contribution < 1.29 is 9.66 Å². The minimum Gasteiger partial charge on any atom is -0.470 e. The van der Waals surface area contributed by atoms with E-state index in [0.29, 0.717) is 5.92 Å². The largest absolute Gasteiger partial charge is 0.470 e. The Labute approximate surface area is 111 Å². The first-order valence-corrected chi connectivity index (χ1v) is 6.90. The summed E-state index contributed by atoms with van der Waals surface area (Å²) < 4.78 is 6.22. The van der Waals surface area contributed by atoms with Crippen LogP contribution in [0.2, 0.25) is 0 Å². The fourth-order valence-electron chi connectivity index (χ4n) is 3.95. The van der Waals surface area contributed by atoms with Gasteiger partial charge in [0.1, 0.15) is 12.1 Å². The van der Waals surface area contributed by atoms with Gasteiger partial charge in [-0.05, 0) is 25.9 Å². The number of nitrogens with zero attached hydrogens (tertiary/aromatic N) is 2. The maximum absolute atomic E-state index is 10.9. The monoisotopic (exact) mass is 263 g/mol. The van der Waals surface area contributed by atoms with Gasteiger partial charge in [-0.1, -0.05) is 0 Å². The van der Waals surface area contributed by atoms with Crippen molar-refractivity contribution in [3.05, 3.63) is 33.3 Å². The van der Waals surface area contributed by atoms with Crippen LogP contribution in [-0.2, 0) is 4.74 Å². The van der Waals surface area contributed by atoms with Crippen molar-refractivity contribution in [1.82, 2.24) is 10.2 Å². The van der Waals surface area contributed by atoms with Crippen LogP contribution in [0.15, 0.2) is 23.2 Å². The fourth-order valence-corrected chi connectivity index (χ4v) is 3.95. The maximum Gasteiger partial charge on any atom is 0.265 e. The molecular formula is C13H17N3O3. The van der Waals surface area contributed by atoms with Gasteiger partial charge in [-0.3, -0.25) is 15.0 Å². The molecule has 1 atom stereocenters. The first-order chi connectivity index (χ1) is 9.16. The molecule has 0 aromatic heterocycles. The average Bonchev–Trinajstić information content (AvgIpc) is 2.76. The first-order valence-electron chi connectivity index (χ1n) is 6.90. The second kappa shape index (κ2) is 3.72. The predicted molar refractivity (Wildman–Crippen MR) is 67.7 cm³/mol. The zero-order valence-corrected chi connectivity index (χ0v) is 10.7. The van der Waals surface area contributed by atoms with Gasteiger partial charge in [0, 0.05) is 30.5 Å². The van der Waals surface area contributed by atoms with Crippen molar-refractivity contribution in [3.63, 3.8) is 0 Å². The Balaban J connectivity index is 1.61. The van der Waals surface area contributed by atoms with Crippen LogP contribution in [0.3, 0.4) is 0 Å². The van der Waals surface area contributed by atoms with E-state index in [0.717, 1.165) is 24.4 Å². The molecule has 19 heavy (non-hydrogen) atoms. The summed E-state index contributed by atoms with van der Waals surface area (Å²) in [5, 5.41) is 13.9. The van der Waals surface area contributed by atoms with E-state index in [-0.39, 0.29) is 22.8 Å². The van der Waals surface area contributed by atoms with Gasteiger partial charge in [0.05, 0.1) is 4.92 Å². The molecule has 5 aliphatic heterocycles. The molecule has 5 heterocycles. The minimum atomic E-state index is -0.307. The summed E-state index contributed by atoms with van der Waals surface area (Å²) in [5.41, 5.74) is 1.09. The molecule has 5 rings (SSSR count). The molecule has 0 amide bonds. The number of hydrogen-bond acceptors (Lipinski definition) is 5. The van der Waals surface area contributed by atoms with Crippen LogP contribution >= 0.6 is 0 Å². The molecule has 5 aliphatic rings. The number of nitrogens with one attached hydrogen (secondary N) is 1. The minimum absolute atomic E-state index is 0.128. The molecule has 1 spiro atoms. The molecule has 0 radical (unpaired) electrons. The normalized spacial score (nSPS) is 39.7. The van der Waals surface area contributed by atoms with Crippen LogP contribution in [0.25, 0.3) is 0 Å².